The molecule has 130 valence electrons. The molecule has 2 aromatic heterocycles. The summed E-state index contributed by atoms with van der Waals surface area (Å²) in [6, 6.07) is 11.1. The number of hydrogen-bond donors (Lipinski definition) is 0. The number of nitrogens with zero attached hydrogens (tertiary/aromatic N) is 3. The molecule has 0 aliphatic carbocycles. The summed E-state index contributed by atoms with van der Waals surface area (Å²) in [5, 5.41) is 0.874. The Morgan fingerprint density at radius 1 is 1.12 bits per heavy atom. The van der Waals surface area contributed by atoms with Gasteiger partial charge < -0.3 is 0 Å². The van der Waals surface area contributed by atoms with E-state index < -0.39 is 5.54 Å². The number of aromatic nitrogens is 2. The van der Waals surface area contributed by atoms with Crippen molar-refractivity contribution in [3.05, 3.63) is 52.6 Å². The zero-order valence-electron chi connectivity index (χ0n) is 14.5. The van der Waals surface area contributed by atoms with Crippen LogP contribution in [0.5, 0.6) is 0 Å². The minimum absolute atomic E-state index is 0.0717. The number of halogens is 2. The molecule has 0 bridgehead atoms. The van der Waals surface area contributed by atoms with Crippen LogP contribution < -0.4 is 4.90 Å². The molecule has 0 atom stereocenters. The molecule has 1 amide bonds. The molecule has 3 aromatic rings. The van der Waals surface area contributed by atoms with Crippen LogP contribution in [0.15, 0.2) is 42.6 Å². The Labute approximate surface area is 157 Å². The normalized spacial score (nSPS) is 11.8. The molecule has 4 nitrogen and oxygen atoms in total. The van der Waals surface area contributed by atoms with Crippen LogP contribution in [0, 0.1) is 0 Å². The first-order chi connectivity index (χ1) is 11.7. The molecule has 3 rings (SSSR count). The van der Waals surface area contributed by atoms with Crippen molar-refractivity contribution in [2.75, 3.05) is 4.90 Å². The molecule has 25 heavy (non-hydrogen) atoms. The lowest BCUT2D eigenvalue weighted by molar-refractivity contribution is -0.117. The number of carbonyl (C=O) groups excluding carboxylic acids is 1. The molecule has 6 heteroatoms. The van der Waals surface area contributed by atoms with Gasteiger partial charge in [0.1, 0.15) is 17.2 Å². The van der Waals surface area contributed by atoms with Crippen LogP contribution in [0.4, 0.5) is 5.82 Å². The molecule has 2 heterocycles. The van der Waals surface area contributed by atoms with Crippen LogP contribution in [0.25, 0.3) is 16.9 Å². The molecule has 0 N–H and O–H groups in total. The molecule has 0 spiro atoms. The Kier molecular flexibility index (Phi) is 4.52. The van der Waals surface area contributed by atoms with Crippen LogP contribution in [-0.2, 0) is 4.79 Å². The van der Waals surface area contributed by atoms with Crippen molar-refractivity contribution < 1.29 is 4.79 Å². The van der Waals surface area contributed by atoms with Crippen LogP contribution >= 0.6 is 23.2 Å². The molecule has 1 aromatic carbocycles. The molecule has 0 saturated carbocycles. The highest BCUT2D eigenvalue weighted by Gasteiger charge is 2.32. The number of imidazole rings is 1. The van der Waals surface area contributed by atoms with Gasteiger partial charge in [-0.25, -0.2) is 4.98 Å². The van der Waals surface area contributed by atoms with E-state index in [4.69, 9.17) is 28.2 Å². The van der Waals surface area contributed by atoms with Crippen molar-refractivity contribution in [1.82, 2.24) is 9.38 Å². The third-order valence-electron chi connectivity index (χ3n) is 3.91. The highest BCUT2D eigenvalue weighted by Crippen LogP contribution is 2.40. The smallest absolute Gasteiger partial charge is 0.225 e. The lowest BCUT2D eigenvalue weighted by atomic mass is 10.0. The van der Waals surface area contributed by atoms with Crippen LogP contribution in [-0.4, -0.2) is 20.8 Å². The van der Waals surface area contributed by atoms with Crippen molar-refractivity contribution in [3.8, 4) is 11.3 Å². The summed E-state index contributed by atoms with van der Waals surface area (Å²) in [7, 11) is 0. The number of rotatable bonds is 2. The lowest BCUT2D eigenvalue weighted by Gasteiger charge is -2.35. The third kappa shape index (κ3) is 3.12. The lowest BCUT2D eigenvalue weighted by Crippen LogP contribution is -2.45. The topological polar surface area (TPSA) is 37.6 Å². The first-order valence-electron chi connectivity index (χ1n) is 7.94. The van der Waals surface area contributed by atoms with E-state index in [1.54, 1.807) is 17.9 Å². The van der Waals surface area contributed by atoms with Crippen LogP contribution in [0.2, 0.25) is 10.0 Å². The van der Waals surface area contributed by atoms with E-state index in [0.717, 1.165) is 5.65 Å². The van der Waals surface area contributed by atoms with Gasteiger partial charge in [-0.1, -0.05) is 41.4 Å². The molecule has 0 unspecified atom stereocenters. The largest absolute Gasteiger partial charge is 0.291 e. The fourth-order valence-corrected chi connectivity index (χ4v) is 3.39. The molecule has 0 saturated heterocycles. The van der Waals surface area contributed by atoms with E-state index in [-0.39, 0.29) is 5.91 Å². The number of anilines is 1. The van der Waals surface area contributed by atoms with Gasteiger partial charge in [0, 0.05) is 24.2 Å². The number of pyridine rings is 1. The van der Waals surface area contributed by atoms with Crippen molar-refractivity contribution in [2.45, 2.75) is 33.2 Å². The van der Waals surface area contributed by atoms with Crippen molar-refractivity contribution in [2.24, 2.45) is 0 Å². The Bertz CT molecular complexity index is 957. The maximum Gasteiger partial charge on any atom is 0.225 e. The predicted molar refractivity (Wildman–Crippen MR) is 104 cm³/mol. The van der Waals surface area contributed by atoms with E-state index in [0.29, 0.717) is 27.1 Å². The fourth-order valence-electron chi connectivity index (χ4n) is 3.00. The highest BCUT2D eigenvalue weighted by atomic mass is 35.5. The van der Waals surface area contributed by atoms with Gasteiger partial charge in [0.25, 0.3) is 0 Å². The number of fused-ring (bicyclic) bond motifs is 1. The summed E-state index contributed by atoms with van der Waals surface area (Å²) in [6.07, 6.45) is 1.89. The van der Waals surface area contributed by atoms with E-state index >= 15 is 0 Å². The second-order valence-electron chi connectivity index (χ2n) is 6.84. The Morgan fingerprint density at radius 2 is 1.84 bits per heavy atom. The highest BCUT2D eigenvalue weighted by molar-refractivity contribution is 6.43. The first-order valence-corrected chi connectivity index (χ1v) is 8.69. The summed E-state index contributed by atoms with van der Waals surface area (Å²) in [4.78, 5) is 19.0. The molecule has 0 fully saturated rings. The number of carbonyl (C=O) groups is 1. The average molecular weight is 376 g/mol. The zero-order chi connectivity index (χ0) is 18.4. The second-order valence-corrected chi connectivity index (χ2v) is 7.62. The third-order valence-corrected chi connectivity index (χ3v) is 4.73. The molecular formula is C19H19Cl2N3O. The summed E-state index contributed by atoms with van der Waals surface area (Å²) < 4.78 is 1.90. The minimum Gasteiger partial charge on any atom is -0.291 e. The Balaban J connectivity index is 2.41. The number of benzene rings is 1. The zero-order valence-corrected chi connectivity index (χ0v) is 16.1. The average Bonchev–Trinajstić information content (AvgIpc) is 2.88. The number of hydrogen-bond acceptors (Lipinski definition) is 2. The van der Waals surface area contributed by atoms with Crippen molar-refractivity contribution in [3.63, 3.8) is 0 Å². The van der Waals surface area contributed by atoms with Gasteiger partial charge in [0.2, 0.25) is 5.91 Å². The summed E-state index contributed by atoms with van der Waals surface area (Å²) >= 11 is 12.6. The monoisotopic (exact) mass is 375 g/mol. The standard InChI is InChI=1S/C19H19Cl2N3O/c1-12(25)24(19(2,3)4)18-17(13-8-7-9-14(20)16(13)21)22-15-10-5-6-11-23(15)18/h5-11H,1-4H3. The minimum atomic E-state index is -0.433. The van der Waals surface area contributed by atoms with Crippen molar-refractivity contribution >= 4 is 40.6 Å². The van der Waals surface area contributed by atoms with Gasteiger partial charge in [0.15, 0.2) is 0 Å². The summed E-state index contributed by atoms with van der Waals surface area (Å²) in [5.41, 5.74) is 1.63. The van der Waals surface area contributed by atoms with Crippen LogP contribution in [0.3, 0.4) is 0 Å². The Morgan fingerprint density at radius 3 is 2.48 bits per heavy atom. The summed E-state index contributed by atoms with van der Waals surface area (Å²) in [6.45, 7) is 7.51. The molecular weight excluding hydrogens is 357 g/mol. The Hall–Kier alpha value is -2.04. The maximum atomic E-state index is 12.5. The predicted octanol–water partition coefficient (Wildman–Crippen LogP) is 5.46. The summed E-state index contributed by atoms with van der Waals surface area (Å²) in [5.74, 6) is 0.609. The van der Waals surface area contributed by atoms with Gasteiger partial charge >= 0.3 is 0 Å². The van der Waals surface area contributed by atoms with E-state index in [9.17, 15) is 4.79 Å². The molecule has 0 aliphatic heterocycles. The van der Waals surface area contributed by atoms with Crippen LogP contribution in [0.1, 0.15) is 27.7 Å². The quantitative estimate of drug-likeness (QED) is 0.596. The van der Waals surface area contributed by atoms with Gasteiger partial charge in [-0.2, -0.15) is 0 Å². The van der Waals surface area contributed by atoms with E-state index in [1.807, 2.05) is 61.7 Å². The second kappa shape index (κ2) is 6.36. The molecule has 0 aliphatic rings. The van der Waals surface area contributed by atoms with E-state index in [2.05, 4.69) is 0 Å². The van der Waals surface area contributed by atoms with Gasteiger partial charge in [-0.3, -0.25) is 14.1 Å². The molecule has 0 radical (unpaired) electrons. The van der Waals surface area contributed by atoms with Gasteiger partial charge in [0.05, 0.1) is 10.0 Å². The van der Waals surface area contributed by atoms with E-state index in [1.165, 1.54) is 0 Å². The van der Waals surface area contributed by atoms with Gasteiger partial charge in [-0.15, -0.1) is 0 Å². The SMILES string of the molecule is CC(=O)N(c1c(-c2cccc(Cl)c2Cl)nc2ccccn12)C(C)(C)C. The van der Waals surface area contributed by atoms with Gasteiger partial charge in [-0.05, 0) is 39.0 Å². The fraction of sp³-hybridized carbons (Fsp3) is 0.263. The van der Waals surface area contributed by atoms with Crippen molar-refractivity contribution in [1.29, 1.82) is 0 Å². The number of amides is 1. The first kappa shape index (κ1) is 17.8. The maximum absolute atomic E-state index is 12.5.